The number of rotatable bonds is 4. The Balaban J connectivity index is 2.12. The topological polar surface area (TPSA) is 67.8 Å². The van der Waals surface area contributed by atoms with Gasteiger partial charge in [0.1, 0.15) is 5.84 Å². The maximum Gasteiger partial charge on any atom is 0.144 e. The monoisotopic (exact) mass is 172 g/mol. The summed E-state index contributed by atoms with van der Waals surface area (Å²) >= 11 is 0. The first kappa shape index (κ1) is 9.32. The minimum Gasteiger partial charge on any atom is -0.409 e. The molecular weight excluding hydrogens is 156 g/mol. The van der Waals surface area contributed by atoms with E-state index in [4.69, 9.17) is 15.7 Å². The Bertz CT molecular complexity index is 166. The molecule has 0 heterocycles. The molecule has 4 heteroatoms. The van der Waals surface area contributed by atoms with Crippen LogP contribution in [0.2, 0.25) is 0 Å². The van der Waals surface area contributed by atoms with Crippen molar-refractivity contribution in [2.75, 3.05) is 6.61 Å². The van der Waals surface area contributed by atoms with Crippen molar-refractivity contribution in [3.05, 3.63) is 0 Å². The van der Waals surface area contributed by atoms with E-state index in [9.17, 15) is 0 Å². The number of hydrogen-bond acceptors (Lipinski definition) is 3. The van der Waals surface area contributed by atoms with Crippen molar-refractivity contribution in [1.29, 1.82) is 0 Å². The average molecular weight is 172 g/mol. The van der Waals surface area contributed by atoms with Crippen molar-refractivity contribution in [2.45, 2.75) is 32.3 Å². The first-order valence-corrected chi connectivity index (χ1v) is 4.33. The summed E-state index contributed by atoms with van der Waals surface area (Å²) in [7, 11) is 0. The van der Waals surface area contributed by atoms with E-state index in [0.29, 0.717) is 12.7 Å². The van der Waals surface area contributed by atoms with Gasteiger partial charge in [0.15, 0.2) is 0 Å². The van der Waals surface area contributed by atoms with Crippen LogP contribution < -0.4 is 5.73 Å². The van der Waals surface area contributed by atoms with E-state index >= 15 is 0 Å². The van der Waals surface area contributed by atoms with Gasteiger partial charge in [-0.15, -0.1) is 0 Å². The van der Waals surface area contributed by atoms with E-state index in [-0.39, 0.29) is 11.8 Å². The third-order valence-corrected chi connectivity index (χ3v) is 2.25. The highest BCUT2D eigenvalue weighted by molar-refractivity contribution is 5.81. The van der Waals surface area contributed by atoms with Gasteiger partial charge in [-0.25, -0.2) is 0 Å². The van der Waals surface area contributed by atoms with E-state index in [1.54, 1.807) is 0 Å². The zero-order chi connectivity index (χ0) is 8.97. The van der Waals surface area contributed by atoms with Crippen molar-refractivity contribution in [3.8, 4) is 0 Å². The molecule has 1 rings (SSSR count). The summed E-state index contributed by atoms with van der Waals surface area (Å²) in [5, 5.41) is 11.3. The zero-order valence-corrected chi connectivity index (χ0v) is 7.36. The van der Waals surface area contributed by atoms with Crippen LogP contribution >= 0.6 is 0 Å². The molecule has 1 aliphatic carbocycles. The van der Waals surface area contributed by atoms with Gasteiger partial charge in [0, 0.05) is 5.92 Å². The number of ether oxygens (including phenoxy) is 1. The molecule has 4 nitrogen and oxygen atoms in total. The first-order chi connectivity index (χ1) is 5.74. The second-order valence-corrected chi connectivity index (χ2v) is 3.31. The molecule has 0 amide bonds. The molecule has 0 saturated heterocycles. The number of nitrogens with zero attached hydrogens (tertiary/aromatic N) is 1. The Morgan fingerprint density at radius 1 is 1.75 bits per heavy atom. The van der Waals surface area contributed by atoms with Crippen LogP contribution in [0.5, 0.6) is 0 Å². The van der Waals surface area contributed by atoms with E-state index < -0.39 is 0 Å². The van der Waals surface area contributed by atoms with Crippen LogP contribution in [0.4, 0.5) is 0 Å². The summed E-state index contributed by atoms with van der Waals surface area (Å²) in [6.45, 7) is 2.44. The van der Waals surface area contributed by atoms with Crippen molar-refractivity contribution >= 4 is 5.84 Å². The maximum atomic E-state index is 8.35. The lowest BCUT2D eigenvalue weighted by Gasteiger charge is -2.26. The highest BCUT2D eigenvalue weighted by Gasteiger charge is 2.19. The molecule has 0 aromatic carbocycles. The largest absolute Gasteiger partial charge is 0.409 e. The zero-order valence-electron chi connectivity index (χ0n) is 7.36. The third-order valence-electron chi connectivity index (χ3n) is 2.25. The lowest BCUT2D eigenvalue weighted by atomic mass is 9.96. The predicted octanol–water partition coefficient (Wildman–Crippen LogP) is 0.938. The Labute approximate surface area is 72.4 Å². The van der Waals surface area contributed by atoms with Gasteiger partial charge in [0.2, 0.25) is 0 Å². The van der Waals surface area contributed by atoms with Gasteiger partial charge < -0.3 is 15.7 Å². The lowest BCUT2D eigenvalue weighted by molar-refractivity contribution is -0.00514. The first-order valence-electron chi connectivity index (χ1n) is 4.33. The second kappa shape index (κ2) is 4.30. The number of nitrogens with two attached hydrogens (primary N) is 1. The number of oxime groups is 1. The molecule has 1 fully saturated rings. The number of hydrogen-bond donors (Lipinski definition) is 2. The summed E-state index contributed by atoms with van der Waals surface area (Å²) < 4.78 is 5.49. The Morgan fingerprint density at radius 2 is 2.42 bits per heavy atom. The molecule has 3 N–H and O–H groups in total. The van der Waals surface area contributed by atoms with E-state index in [2.05, 4.69) is 5.16 Å². The Morgan fingerprint density at radius 3 is 2.83 bits per heavy atom. The summed E-state index contributed by atoms with van der Waals surface area (Å²) in [6, 6.07) is 0. The van der Waals surface area contributed by atoms with Crippen LogP contribution in [-0.4, -0.2) is 23.8 Å². The van der Waals surface area contributed by atoms with Gasteiger partial charge in [0.05, 0.1) is 12.7 Å². The highest BCUT2D eigenvalue weighted by Crippen LogP contribution is 2.22. The average Bonchev–Trinajstić information content (AvgIpc) is 2.00. The minimum atomic E-state index is 0.00981. The summed E-state index contributed by atoms with van der Waals surface area (Å²) in [5.74, 6) is 0.255. The van der Waals surface area contributed by atoms with Crippen LogP contribution in [0.25, 0.3) is 0 Å². The predicted molar refractivity (Wildman–Crippen MR) is 46.2 cm³/mol. The lowest BCUT2D eigenvalue weighted by Crippen LogP contribution is -2.30. The Kier molecular flexibility index (Phi) is 3.34. The van der Waals surface area contributed by atoms with E-state index in [1.165, 1.54) is 6.42 Å². The van der Waals surface area contributed by atoms with Gasteiger partial charge in [-0.2, -0.15) is 0 Å². The molecule has 0 aromatic rings. The van der Waals surface area contributed by atoms with Crippen LogP contribution in [0.15, 0.2) is 5.16 Å². The fourth-order valence-electron chi connectivity index (χ4n) is 1.00. The van der Waals surface area contributed by atoms with Crippen molar-refractivity contribution < 1.29 is 9.94 Å². The smallest absolute Gasteiger partial charge is 0.144 e. The van der Waals surface area contributed by atoms with Crippen molar-refractivity contribution in [3.63, 3.8) is 0 Å². The fourth-order valence-corrected chi connectivity index (χ4v) is 1.00. The van der Waals surface area contributed by atoms with Gasteiger partial charge in [-0.1, -0.05) is 12.1 Å². The summed E-state index contributed by atoms with van der Waals surface area (Å²) in [4.78, 5) is 0. The molecule has 0 spiro atoms. The van der Waals surface area contributed by atoms with Gasteiger partial charge >= 0.3 is 0 Å². The van der Waals surface area contributed by atoms with Crippen LogP contribution in [0, 0.1) is 5.92 Å². The van der Waals surface area contributed by atoms with Crippen LogP contribution in [-0.2, 0) is 4.74 Å². The molecule has 70 valence electrons. The van der Waals surface area contributed by atoms with Crippen LogP contribution in [0.3, 0.4) is 0 Å². The summed E-state index contributed by atoms with van der Waals surface area (Å²) in [6.07, 6.45) is 3.99. The number of amidine groups is 1. The highest BCUT2D eigenvalue weighted by atomic mass is 16.5. The SMILES string of the molecule is CC(COC1CCC1)C(N)=NO. The molecule has 0 aliphatic heterocycles. The standard InChI is InChI=1S/C8H16N2O2/c1-6(8(9)10-11)5-12-7-3-2-4-7/h6-7,11H,2-5H2,1H3,(H2,9,10). The normalized spacial score (nSPS) is 21.9. The van der Waals surface area contributed by atoms with E-state index in [1.807, 2.05) is 6.92 Å². The van der Waals surface area contributed by atoms with Crippen LogP contribution in [0.1, 0.15) is 26.2 Å². The molecule has 0 aromatic heterocycles. The van der Waals surface area contributed by atoms with Gasteiger partial charge in [-0.05, 0) is 19.3 Å². The van der Waals surface area contributed by atoms with Crippen molar-refractivity contribution in [1.82, 2.24) is 0 Å². The molecular formula is C8H16N2O2. The molecule has 1 atom stereocenters. The molecule has 12 heavy (non-hydrogen) atoms. The summed E-state index contributed by atoms with van der Waals surface area (Å²) in [5.41, 5.74) is 5.38. The van der Waals surface area contributed by atoms with Gasteiger partial charge in [0.25, 0.3) is 0 Å². The maximum absolute atomic E-state index is 8.35. The molecule has 0 bridgehead atoms. The quantitative estimate of drug-likeness (QED) is 0.287. The second-order valence-electron chi connectivity index (χ2n) is 3.31. The van der Waals surface area contributed by atoms with E-state index in [0.717, 1.165) is 12.8 Å². The van der Waals surface area contributed by atoms with Crippen molar-refractivity contribution in [2.24, 2.45) is 16.8 Å². The fraction of sp³-hybridized carbons (Fsp3) is 0.875. The molecule has 0 radical (unpaired) electrons. The third kappa shape index (κ3) is 2.37. The molecule has 1 saturated carbocycles. The van der Waals surface area contributed by atoms with Gasteiger partial charge in [-0.3, -0.25) is 0 Å². The Hall–Kier alpha value is -0.770. The minimum absolute atomic E-state index is 0.00981. The molecule has 1 aliphatic rings. The molecule has 1 unspecified atom stereocenters.